The molecule has 0 aliphatic rings. The van der Waals surface area contributed by atoms with Gasteiger partial charge in [-0.15, -0.1) is 0 Å². The summed E-state index contributed by atoms with van der Waals surface area (Å²) in [6.07, 6.45) is 5.73. The molecule has 1 aromatic heterocycles. The van der Waals surface area contributed by atoms with Crippen molar-refractivity contribution in [2.75, 3.05) is 0 Å². The fourth-order valence-electron chi connectivity index (χ4n) is 1.29. The van der Waals surface area contributed by atoms with Gasteiger partial charge >= 0.3 is 0 Å². The highest BCUT2D eigenvalue weighted by molar-refractivity contribution is 5.62. The highest BCUT2D eigenvalue weighted by Crippen LogP contribution is 2.13. The monoisotopic (exact) mass is 174 g/mol. The number of rotatable bonds is 2. The van der Waals surface area contributed by atoms with Crippen molar-refractivity contribution in [3.63, 3.8) is 0 Å². The molecule has 0 amide bonds. The number of aryl methyl sites for hydroxylation is 2. The second-order valence-corrected chi connectivity index (χ2v) is 2.86. The predicted molar refractivity (Wildman–Crippen MR) is 56.3 cm³/mol. The second-order valence-electron chi connectivity index (χ2n) is 2.86. The van der Waals surface area contributed by atoms with Crippen LogP contribution in [0.2, 0.25) is 0 Å². The van der Waals surface area contributed by atoms with Crippen molar-refractivity contribution in [3.8, 4) is 0 Å². The van der Waals surface area contributed by atoms with E-state index in [0.29, 0.717) is 0 Å². The first-order chi connectivity index (χ1) is 6.19. The summed E-state index contributed by atoms with van der Waals surface area (Å²) in [6.45, 7) is 9.59. The van der Waals surface area contributed by atoms with E-state index in [1.165, 1.54) is 0 Å². The van der Waals surface area contributed by atoms with Gasteiger partial charge < -0.3 is 0 Å². The molecule has 0 fully saturated rings. The van der Waals surface area contributed by atoms with Crippen LogP contribution in [0.1, 0.15) is 29.7 Å². The predicted octanol–water partition coefficient (Wildman–Crippen LogP) is 2.77. The summed E-state index contributed by atoms with van der Waals surface area (Å²) in [5, 5.41) is 0. The summed E-state index contributed by atoms with van der Waals surface area (Å²) in [4.78, 5) is 8.60. The van der Waals surface area contributed by atoms with Crippen molar-refractivity contribution in [2.24, 2.45) is 0 Å². The van der Waals surface area contributed by atoms with E-state index < -0.39 is 0 Å². The van der Waals surface area contributed by atoms with Gasteiger partial charge in [-0.05, 0) is 26.8 Å². The molecule has 1 heterocycles. The maximum absolute atomic E-state index is 4.33. The Hall–Kier alpha value is -1.44. The van der Waals surface area contributed by atoms with Crippen LogP contribution in [-0.2, 0) is 0 Å². The summed E-state index contributed by atoms with van der Waals surface area (Å²) < 4.78 is 0. The Kier molecular flexibility index (Phi) is 2.96. The lowest BCUT2D eigenvalue weighted by Crippen LogP contribution is -1.98. The van der Waals surface area contributed by atoms with Gasteiger partial charge in [0.2, 0.25) is 0 Å². The van der Waals surface area contributed by atoms with Crippen LogP contribution in [0.3, 0.4) is 0 Å². The molecule has 1 rings (SSSR count). The zero-order valence-corrected chi connectivity index (χ0v) is 8.33. The smallest absolute Gasteiger partial charge is 0.126 e. The summed E-state index contributed by atoms with van der Waals surface area (Å²) in [5.74, 6) is 0.802. The molecule has 0 aliphatic carbocycles. The van der Waals surface area contributed by atoms with Gasteiger partial charge in [-0.3, -0.25) is 0 Å². The molecular formula is C11H14N2. The lowest BCUT2D eigenvalue weighted by molar-refractivity contribution is 0.995. The molecule has 68 valence electrons. The van der Waals surface area contributed by atoms with Crippen molar-refractivity contribution in [2.45, 2.75) is 20.8 Å². The Bertz CT molecular complexity index is 351. The Balaban J connectivity index is 3.37. The Labute approximate surface area is 79.0 Å². The Morgan fingerprint density at radius 1 is 1.23 bits per heavy atom. The van der Waals surface area contributed by atoms with E-state index in [9.17, 15) is 0 Å². The molecule has 2 nitrogen and oxygen atoms in total. The molecule has 2 heteroatoms. The fourth-order valence-corrected chi connectivity index (χ4v) is 1.29. The zero-order chi connectivity index (χ0) is 9.84. The van der Waals surface area contributed by atoms with Gasteiger partial charge in [-0.1, -0.05) is 18.7 Å². The first-order valence-corrected chi connectivity index (χ1v) is 4.29. The fraction of sp³-hybridized carbons (Fsp3) is 0.273. The van der Waals surface area contributed by atoms with Crippen LogP contribution in [0.5, 0.6) is 0 Å². The molecular weight excluding hydrogens is 160 g/mol. The van der Waals surface area contributed by atoms with E-state index in [1.54, 1.807) is 6.08 Å². The second kappa shape index (κ2) is 3.99. The van der Waals surface area contributed by atoms with Crippen LogP contribution < -0.4 is 0 Å². The first kappa shape index (κ1) is 9.65. The third-order valence-corrected chi connectivity index (χ3v) is 1.81. The minimum atomic E-state index is 0.802. The minimum absolute atomic E-state index is 0.802. The third kappa shape index (κ3) is 2.02. The summed E-state index contributed by atoms with van der Waals surface area (Å²) in [7, 11) is 0. The Morgan fingerprint density at radius 3 is 2.46 bits per heavy atom. The molecule has 0 aromatic carbocycles. The Morgan fingerprint density at radius 2 is 1.92 bits per heavy atom. The number of aromatic nitrogens is 2. The summed E-state index contributed by atoms with van der Waals surface area (Å²) in [5.41, 5.74) is 2.95. The molecule has 0 saturated heterocycles. The van der Waals surface area contributed by atoms with E-state index in [4.69, 9.17) is 0 Å². The number of hydrogen-bond donors (Lipinski definition) is 0. The van der Waals surface area contributed by atoms with Gasteiger partial charge in [0.25, 0.3) is 0 Å². The molecule has 0 atom stereocenters. The van der Waals surface area contributed by atoms with Crippen LogP contribution in [-0.4, -0.2) is 9.97 Å². The maximum atomic E-state index is 4.33. The number of allylic oxidation sites excluding steroid dienone is 1. The van der Waals surface area contributed by atoms with E-state index >= 15 is 0 Å². The van der Waals surface area contributed by atoms with Crippen molar-refractivity contribution in [3.05, 3.63) is 35.4 Å². The van der Waals surface area contributed by atoms with Gasteiger partial charge in [-0.2, -0.15) is 0 Å². The van der Waals surface area contributed by atoms with Gasteiger partial charge in [-0.25, -0.2) is 9.97 Å². The van der Waals surface area contributed by atoms with Crippen molar-refractivity contribution in [1.82, 2.24) is 9.97 Å². The normalized spacial score (nSPS) is 10.7. The number of nitrogens with zero attached hydrogens (tertiary/aromatic N) is 2. The van der Waals surface area contributed by atoms with Crippen LogP contribution in [0.25, 0.3) is 12.2 Å². The van der Waals surface area contributed by atoms with Crippen LogP contribution in [0.4, 0.5) is 0 Å². The highest BCUT2D eigenvalue weighted by atomic mass is 14.9. The molecule has 0 N–H and O–H groups in total. The minimum Gasteiger partial charge on any atom is -0.238 e. The largest absolute Gasteiger partial charge is 0.238 e. The van der Waals surface area contributed by atoms with Crippen LogP contribution >= 0.6 is 0 Å². The topological polar surface area (TPSA) is 25.8 Å². The summed E-state index contributed by atoms with van der Waals surface area (Å²) >= 11 is 0. The van der Waals surface area contributed by atoms with Crippen molar-refractivity contribution in [1.29, 1.82) is 0 Å². The van der Waals surface area contributed by atoms with E-state index in [-0.39, 0.29) is 0 Å². The van der Waals surface area contributed by atoms with Gasteiger partial charge in [0.1, 0.15) is 5.82 Å². The lowest BCUT2D eigenvalue weighted by atomic mass is 10.1. The van der Waals surface area contributed by atoms with Crippen LogP contribution in [0.15, 0.2) is 12.7 Å². The average molecular weight is 174 g/mol. The van der Waals surface area contributed by atoms with Crippen LogP contribution in [0, 0.1) is 13.8 Å². The molecule has 0 spiro atoms. The quantitative estimate of drug-likeness (QED) is 0.689. The molecule has 0 saturated carbocycles. The first-order valence-electron chi connectivity index (χ1n) is 4.29. The van der Waals surface area contributed by atoms with Gasteiger partial charge in [0, 0.05) is 11.3 Å². The van der Waals surface area contributed by atoms with Crippen molar-refractivity contribution >= 4 is 12.2 Å². The van der Waals surface area contributed by atoms with E-state index in [1.807, 2.05) is 32.9 Å². The molecule has 13 heavy (non-hydrogen) atoms. The molecule has 0 bridgehead atoms. The van der Waals surface area contributed by atoms with E-state index in [0.717, 1.165) is 22.8 Å². The van der Waals surface area contributed by atoms with E-state index in [2.05, 4.69) is 16.5 Å². The average Bonchev–Trinajstić information content (AvgIpc) is 2.04. The zero-order valence-electron chi connectivity index (χ0n) is 8.33. The molecule has 0 radical (unpaired) electrons. The molecule has 0 aliphatic heterocycles. The standard InChI is InChI=1S/C11H14N2/c1-5-7-11-10(6-2)8(3)12-9(4)13-11/h5-7H,2H2,1,3-4H3/b7-5-. The SMILES string of the molecule is C=Cc1c(C)nc(C)nc1/C=C\C. The lowest BCUT2D eigenvalue weighted by Gasteiger charge is -2.04. The third-order valence-electron chi connectivity index (χ3n) is 1.81. The summed E-state index contributed by atoms with van der Waals surface area (Å²) in [6, 6.07) is 0. The maximum Gasteiger partial charge on any atom is 0.126 e. The molecule has 1 aromatic rings. The van der Waals surface area contributed by atoms with Gasteiger partial charge in [0.15, 0.2) is 0 Å². The molecule has 0 unspecified atom stereocenters. The van der Waals surface area contributed by atoms with Gasteiger partial charge in [0.05, 0.1) is 5.69 Å². The van der Waals surface area contributed by atoms with Crippen molar-refractivity contribution < 1.29 is 0 Å². The number of hydrogen-bond acceptors (Lipinski definition) is 2. The highest BCUT2D eigenvalue weighted by Gasteiger charge is 2.03.